The van der Waals surface area contributed by atoms with E-state index in [2.05, 4.69) is 0 Å². The predicted octanol–water partition coefficient (Wildman–Crippen LogP) is 4.14. The van der Waals surface area contributed by atoms with E-state index >= 15 is 0 Å². The standard InChI is InChI=1S/C40H48O14/c1-9-22(2)34(44)48-21-39-31(50-24(4)42)28(49-23(3)41)20-38(8,47)40(39)32(51-25(5)43)29(37(6,7)54-40)30(52-35(45)26-16-12-10-13-17-26)33(39)53-36(46)27-18-14-11-15-19-27/h10-19,22,28-33,47H,9,20-21H2,1-8H3/t22-,28+,29-,30-,31+,32-,33+,38+,39+,40+/m1/s1. The first-order chi connectivity index (χ1) is 25.3. The Morgan fingerprint density at radius 1 is 0.741 bits per heavy atom. The summed E-state index contributed by atoms with van der Waals surface area (Å²) in [5, 5.41) is 12.9. The third-order valence-corrected chi connectivity index (χ3v) is 10.9. The van der Waals surface area contributed by atoms with Crippen molar-refractivity contribution in [1.29, 1.82) is 0 Å². The Hall–Kier alpha value is -4.82. The van der Waals surface area contributed by atoms with Crippen molar-refractivity contribution in [3.05, 3.63) is 71.8 Å². The molecule has 1 aliphatic heterocycles. The summed E-state index contributed by atoms with van der Waals surface area (Å²) in [5.41, 5.74) is -8.05. The molecule has 0 aromatic heterocycles. The van der Waals surface area contributed by atoms with Gasteiger partial charge >= 0.3 is 35.8 Å². The van der Waals surface area contributed by atoms with Crippen molar-refractivity contribution in [2.75, 3.05) is 6.61 Å². The molecule has 1 spiro atoms. The molecule has 2 saturated carbocycles. The molecule has 5 rings (SSSR count). The summed E-state index contributed by atoms with van der Waals surface area (Å²) < 4.78 is 43.7. The minimum absolute atomic E-state index is 0.0733. The van der Waals surface area contributed by atoms with Crippen molar-refractivity contribution in [3.8, 4) is 0 Å². The van der Waals surface area contributed by atoms with Crippen LogP contribution in [0.1, 0.15) is 88.9 Å². The first kappa shape index (κ1) is 40.4. The number of benzene rings is 2. The van der Waals surface area contributed by atoms with Gasteiger partial charge in [-0.25, -0.2) is 9.59 Å². The van der Waals surface area contributed by atoms with E-state index in [4.69, 9.17) is 33.2 Å². The van der Waals surface area contributed by atoms with Gasteiger partial charge in [0, 0.05) is 27.2 Å². The molecule has 10 atom stereocenters. The number of rotatable bonds is 11. The van der Waals surface area contributed by atoms with Gasteiger partial charge in [-0.3, -0.25) is 19.2 Å². The van der Waals surface area contributed by atoms with Gasteiger partial charge < -0.3 is 38.3 Å². The second-order valence-electron chi connectivity index (χ2n) is 15.0. The highest BCUT2D eigenvalue weighted by Crippen LogP contribution is 2.69. The summed E-state index contributed by atoms with van der Waals surface area (Å²) in [6, 6.07) is 15.8. The van der Waals surface area contributed by atoms with Gasteiger partial charge in [0.25, 0.3) is 0 Å². The molecule has 0 unspecified atom stereocenters. The Morgan fingerprint density at radius 3 is 1.74 bits per heavy atom. The normalized spacial score (nSPS) is 32.5. The molecule has 2 aromatic carbocycles. The second-order valence-corrected chi connectivity index (χ2v) is 15.0. The van der Waals surface area contributed by atoms with Gasteiger partial charge in [0.05, 0.1) is 34.2 Å². The Bertz CT molecular complexity index is 1760. The van der Waals surface area contributed by atoms with Crippen LogP contribution in [0.2, 0.25) is 0 Å². The van der Waals surface area contributed by atoms with Crippen LogP contribution in [0.4, 0.5) is 0 Å². The van der Waals surface area contributed by atoms with Crippen LogP contribution in [0.25, 0.3) is 0 Å². The third-order valence-electron chi connectivity index (χ3n) is 10.9. The summed E-state index contributed by atoms with van der Waals surface area (Å²) >= 11 is 0. The van der Waals surface area contributed by atoms with Gasteiger partial charge in [-0.2, -0.15) is 0 Å². The molecule has 14 heteroatoms. The molecule has 1 N–H and O–H groups in total. The van der Waals surface area contributed by atoms with E-state index in [1.165, 1.54) is 31.2 Å². The van der Waals surface area contributed by atoms with Gasteiger partial charge in [0.15, 0.2) is 17.8 Å². The van der Waals surface area contributed by atoms with Crippen LogP contribution in [0, 0.1) is 17.3 Å². The highest BCUT2D eigenvalue weighted by atomic mass is 16.7. The smallest absolute Gasteiger partial charge is 0.338 e. The van der Waals surface area contributed by atoms with Crippen LogP contribution < -0.4 is 0 Å². The second kappa shape index (κ2) is 15.1. The van der Waals surface area contributed by atoms with E-state index < -0.39 is 113 Å². The number of hydrogen-bond donors (Lipinski definition) is 1. The number of ether oxygens (including phenoxy) is 7. The fraction of sp³-hybridized carbons (Fsp3) is 0.550. The fourth-order valence-corrected chi connectivity index (χ4v) is 8.67. The van der Waals surface area contributed by atoms with Crippen LogP contribution in [-0.2, 0) is 52.3 Å². The zero-order valence-electron chi connectivity index (χ0n) is 31.7. The average Bonchev–Trinajstić information content (AvgIpc) is 3.31. The van der Waals surface area contributed by atoms with Crippen molar-refractivity contribution in [2.24, 2.45) is 17.3 Å². The molecule has 292 valence electrons. The van der Waals surface area contributed by atoms with Gasteiger partial charge in [0.2, 0.25) is 0 Å². The van der Waals surface area contributed by atoms with Crippen molar-refractivity contribution in [2.45, 2.75) is 116 Å². The molecule has 54 heavy (non-hydrogen) atoms. The number of carbonyl (C=O) groups excluding carboxylic acids is 6. The van der Waals surface area contributed by atoms with E-state index in [1.807, 2.05) is 0 Å². The van der Waals surface area contributed by atoms with Gasteiger partial charge in [-0.15, -0.1) is 0 Å². The Kier molecular flexibility index (Phi) is 11.3. The fourth-order valence-electron chi connectivity index (χ4n) is 8.67. The first-order valence-electron chi connectivity index (χ1n) is 18.0. The molecule has 3 fully saturated rings. The molecule has 2 aromatic rings. The minimum atomic E-state index is -2.32. The molecular formula is C40H48O14. The van der Waals surface area contributed by atoms with Gasteiger partial charge in [-0.05, 0) is 51.5 Å². The van der Waals surface area contributed by atoms with E-state index in [1.54, 1.807) is 64.1 Å². The first-order valence-corrected chi connectivity index (χ1v) is 18.0. The van der Waals surface area contributed by atoms with Gasteiger partial charge in [-0.1, -0.05) is 50.2 Å². The maximum atomic E-state index is 14.3. The molecule has 1 saturated heterocycles. The van der Waals surface area contributed by atoms with Crippen LogP contribution >= 0.6 is 0 Å². The lowest BCUT2D eigenvalue weighted by Crippen LogP contribution is -2.85. The zero-order valence-corrected chi connectivity index (χ0v) is 31.7. The van der Waals surface area contributed by atoms with E-state index in [0.29, 0.717) is 6.42 Å². The van der Waals surface area contributed by atoms with Crippen LogP contribution in [-0.4, -0.2) is 94.9 Å². The van der Waals surface area contributed by atoms with Crippen LogP contribution in [0.15, 0.2) is 60.7 Å². The maximum Gasteiger partial charge on any atom is 0.338 e. The SMILES string of the molecule is CC[C@@H](C)C(=O)OC[C@]12[C@@H](OC(=O)c3ccccc3)[C@H](OC(=O)c3ccccc3)[C@@H]3[C@@H](OC(C)=O)[C@]1(OC3(C)C)[C@@](C)(O)C[C@H](OC(C)=O)[C@@H]2OC(C)=O. The summed E-state index contributed by atoms with van der Waals surface area (Å²) in [6.07, 6.45) is -8.23. The summed E-state index contributed by atoms with van der Waals surface area (Å²) in [7, 11) is 0. The number of esters is 6. The lowest BCUT2D eigenvalue weighted by atomic mass is 9.45. The summed E-state index contributed by atoms with van der Waals surface area (Å²) in [4.78, 5) is 80.9. The molecule has 2 bridgehead atoms. The Morgan fingerprint density at radius 2 is 1.24 bits per heavy atom. The highest BCUT2D eigenvalue weighted by molar-refractivity contribution is 5.90. The molecule has 3 aliphatic rings. The minimum Gasteiger partial charge on any atom is -0.464 e. The molecule has 0 amide bonds. The van der Waals surface area contributed by atoms with E-state index in [-0.39, 0.29) is 11.1 Å². The van der Waals surface area contributed by atoms with Crippen molar-refractivity contribution in [1.82, 2.24) is 0 Å². The Balaban J connectivity index is 1.91. The Labute approximate surface area is 313 Å². The zero-order chi connectivity index (χ0) is 39.8. The largest absolute Gasteiger partial charge is 0.464 e. The third kappa shape index (κ3) is 6.97. The number of aliphatic hydroxyl groups is 1. The molecule has 2 aliphatic carbocycles. The molecule has 1 heterocycles. The predicted molar refractivity (Wildman–Crippen MR) is 187 cm³/mol. The average molecular weight is 753 g/mol. The number of hydrogen-bond acceptors (Lipinski definition) is 14. The van der Waals surface area contributed by atoms with Crippen molar-refractivity contribution >= 4 is 35.8 Å². The van der Waals surface area contributed by atoms with Crippen molar-refractivity contribution < 1.29 is 67.0 Å². The van der Waals surface area contributed by atoms with Gasteiger partial charge in [0.1, 0.15) is 30.3 Å². The van der Waals surface area contributed by atoms with Crippen molar-refractivity contribution in [3.63, 3.8) is 0 Å². The number of carbonyl (C=O) groups is 6. The maximum absolute atomic E-state index is 14.3. The topological polar surface area (TPSA) is 187 Å². The van der Waals surface area contributed by atoms with E-state index in [9.17, 15) is 33.9 Å². The lowest BCUT2D eigenvalue weighted by molar-refractivity contribution is -0.363. The highest BCUT2D eigenvalue weighted by Gasteiger charge is 2.89. The monoisotopic (exact) mass is 752 g/mol. The van der Waals surface area contributed by atoms with Crippen LogP contribution in [0.5, 0.6) is 0 Å². The number of fused-ring (bicyclic) bond motifs is 1. The summed E-state index contributed by atoms with van der Waals surface area (Å²) in [5.74, 6) is -6.86. The molecule has 14 nitrogen and oxygen atoms in total. The molecular weight excluding hydrogens is 704 g/mol. The summed E-state index contributed by atoms with van der Waals surface area (Å²) in [6.45, 7) is 10.5. The quantitative estimate of drug-likeness (QED) is 0.255. The van der Waals surface area contributed by atoms with E-state index in [0.717, 1.165) is 20.8 Å². The van der Waals surface area contributed by atoms with Crippen LogP contribution in [0.3, 0.4) is 0 Å². The molecule has 0 radical (unpaired) electrons. The lowest BCUT2D eigenvalue weighted by Gasteiger charge is -2.66.